The first-order chi connectivity index (χ1) is 7.22. The molecule has 1 aliphatic heterocycles. The summed E-state index contributed by atoms with van der Waals surface area (Å²) in [6.45, 7) is 3.43. The lowest BCUT2D eigenvalue weighted by molar-refractivity contribution is -0.121. The van der Waals surface area contributed by atoms with Gasteiger partial charge in [-0.05, 0) is 25.7 Å². The van der Waals surface area contributed by atoms with Crippen LogP contribution in [0.5, 0.6) is 0 Å². The molecular formula is C11H20ClNO2. The van der Waals surface area contributed by atoms with Gasteiger partial charge in [-0.3, -0.25) is 4.79 Å². The number of hydrogen-bond acceptors (Lipinski definition) is 2. The Bertz CT molecular complexity index is 193. The van der Waals surface area contributed by atoms with Crippen LogP contribution in [0.3, 0.4) is 0 Å². The summed E-state index contributed by atoms with van der Waals surface area (Å²) in [5, 5.41) is 2.88. The molecule has 3 nitrogen and oxygen atoms in total. The van der Waals surface area contributed by atoms with E-state index in [2.05, 4.69) is 5.32 Å². The molecule has 1 aliphatic rings. The molecular weight excluding hydrogens is 214 g/mol. The van der Waals surface area contributed by atoms with Gasteiger partial charge in [0.05, 0.1) is 11.5 Å². The van der Waals surface area contributed by atoms with Gasteiger partial charge in [0, 0.05) is 19.6 Å². The number of halogens is 1. The van der Waals surface area contributed by atoms with E-state index in [1.165, 1.54) is 0 Å². The van der Waals surface area contributed by atoms with Crippen molar-refractivity contribution in [2.45, 2.75) is 50.5 Å². The van der Waals surface area contributed by atoms with Gasteiger partial charge in [-0.15, -0.1) is 11.6 Å². The molecule has 1 fully saturated rings. The molecule has 0 bridgehead atoms. The molecule has 88 valence electrons. The van der Waals surface area contributed by atoms with E-state index in [-0.39, 0.29) is 11.3 Å². The average Bonchev–Trinajstić information content (AvgIpc) is 2.75. The van der Waals surface area contributed by atoms with E-state index in [0.717, 1.165) is 32.3 Å². The Kier molecular flexibility index (Phi) is 6.03. The Balaban J connectivity index is 2.02. The summed E-state index contributed by atoms with van der Waals surface area (Å²) < 4.78 is 5.44. The first-order valence-electron chi connectivity index (χ1n) is 5.74. The molecule has 0 aromatic carbocycles. The van der Waals surface area contributed by atoms with Gasteiger partial charge in [0.1, 0.15) is 0 Å². The Morgan fingerprint density at radius 2 is 2.47 bits per heavy atom. The van der Waals surface area contributed by atoms with Crippen LogP contribution >= 0.6 is 11.6 Å². The molecule has 1 saturated heterocycles. The molecule has 1 N–H and O–H groups in total. The fourth-order valence-corrected chi connectivity index (χ4v) is 1.70. The minimum absolute atomic E-state index is 0.0525. The van der Waals surface area contributed by atoms with Crippen LogP contribution in [0.15, 0.2) is 0 Å². The third-order valence-corrected chi connectivity index (χ3v) is 3.14. The standard InChI is InChI=1S/C11H20ClNO2/c1-2-9(12)8-13-11(14)6-5-10-4-3-7-15-10/h9-10H,2-8H2,1H3,(H,13,14). The maximum atomic E-state index is 11.4. The average molecular weight is 234 g/mol. The third-order valence-electron chi connectivity index (χ3n) is 2.68. The van der Waals surface area contributed by atoms with Crippen molar-refractivity contribution < 1.29 is 9.53 Å². The minimum Gasteiger partial charge on any atom is -0.378 e. The van der Waals surface area contributed by atoms with Crippen LogP contribution in [0.4, 0.5) is 0 Å². The van der Waals surface area contributed by atoms with Crippen LogP contribution in [0.1, 0.15) is 39.0 Å². The monoisotopic (exact) mass is 233 g/mol. The topological polar surface area (TPSA) is 38.3 Å². The minimum atomic E-state index is 0.0525. The van der Waals surface area contributed by atoms with E-state index in [9.17, 15) is 4.79 Å². The Labute approximate surface area is 96.5 Å². The highest BCUT2D eigenvalue weighted by Gasteiger charge is 2.16. The summed E-state index contributed by atoms with van der Waals surface area (Å²) in [4.78, 5) is 11.4. The number of alkyl halides is 1. The van der Waals surface area contributed by atoms with Gasteiger partial charge < -0.3 is 10.1 Å². The zero-order valence-corrected chi connectivity index (χ0v) is 10.1. The Morgan fingerprint density at radius 1 is 1.67 bits per heavy atom. The van der Waals surface area contributed by atoms with Crippen molar-refractivity contribution in [3.63, 3.8) is 0 Å². The lowest BCUT2D eigenvalue weighted by Crippen LogP contribution is -2.29. The maximum Gasteiger partial charge on any atom is 0.220 e. The second kappa shape index (κ2) is 7.07. The quantitative estimate of drug-likeness (QED) is 0.714. The summed E-state index contributed by atoms with van der Waals surface area (Å²) in [7, 11) is 0. The van der Waals surface area contributed by atoms with Crippen molar-refractivity contribution in [3.05, 3.63) is 0 Å². The number of amides is 1. The molecule has 2 atom stereocenters. The predicted octanol–water partition coefficient (Wildman–Crippen LogP) is 2.08. The molecule has 2 unspecified atom stereocenters. The summed E-state index contributed by atoms with van der Waals surface area (Å²) in [6, 6.07) is 0. The van der Waals surface area contributed by atoms with Crippen LogP contribution in [0.2, 0.25) is 0 Å². The SMILES string of the molecule is CCC(Cl)CNC(=O)CCC1CCCO1. The maximum absolute atomic E-state index is 11.4. The zero-order chi connectivity index (χ0) is 11.1. The zero-order valence-electron chi connectivity index (χ0n) is 9.30. The van der Waals surface area contributed by atoms with Crippen molar-refractivity contribution in [1.29, 1.82) is 0 Å². The van der Waals surface area contributed by atoms with E-state index >= 15 is 0 Å². The molecule has 0 radical (unpaired) electrons. The van der Waals surface area contributed by atoms with Gasteiger partial charge in [-0.25, -0.2) is 0 Å². The summed E-state index contributed by atoms with van der Waals surface area (Å²) in [5.41, 5.74) is 0. The smallest absolute Gasteiger partial charge is 0.220 e. The third kappa shape index (κ3) is 5.38. The van der Waals surface area contributed by atoms with Crippen LogP contribution in [-0.2, 0) is 9.53 Å². The molecule has 1 amide bonds. The fraction of sp³-hybridized carbons (Fsp3) is 0.909. The molecule has 0 aliphatic carbocycles. The van der Waals surface area contributed by atoms with E-state index in [1.54, 1.807) is 0 Å². The highest BCUT2D eigenvalue weighted by atomic mass is 35.5. The van der Waals surface area contributed by atoms with E-state index in [0.29, 0.717) is 19.1 Å². The largest absolute Gasteiger partial charge is 0.378 e. The summed E-state index contributed by atoms with van der Waals surface area (Å²) in [5.74, 6) is 0.0876. The normalized spacial score (nSPS) is 22.7. The molecule has 15 heavy (non-hydrogen) atoms. The number of hydrogen-bond donors (Lipinski definition) is 1. The van der Waals surface area contributed by atoms with E-state index < -0.39 is 0 Å². The Hall–Kier alpha value is -0.280. The van der Waals surface area contributed by atoms with Gasteiger partial charge >= 0.3 is 0 Å². The van der Waals surface area contributed by atoms with Gasteiger partial charge in [0.25, 0.3) is 0 Å². The molecule has 0 aromatic rings. The van der Waals surface area contributed by atoms with Gasteiger partial charge in [0.15, 0.2) is 0 Å². The second-order valence-electron chi connectivity index (χ2n) is 3.98. The predicted molar refractivity (Wildman–Crippen MR) is 61.1 cm³/mol. The van der Waals surface area contributed by atoms with Crippen molar-refractivity contribution in [1.82, 2.24) is 5.32 Å². The number of nitrogens with one attached hydrogen (secondary N) is 1. The lowest BCUT2D eigenvalue weighted by Gasteiger charge is -2.10. The van der Waals surface area contributed by atoms with Crippen LogP contribution in [0, 0.1) is 0 Å². The van der Waals surface area contributed by atoms with Crippen molar-refractivity contribution in [3.8, 4) is 0 Å². The second-order valence-corrected chi connectivity index (χ2v) is 4.60. The molecule has 4 heteroatoms. The van der Waals surface area contributed by atoms with E-state index in [1.807, 2.05) is 6.92 Å². The molecule has 0 saturated carbocycles. The number of carbonyl (C=O) groups is 1. The van der Waals surface area contributed by atoms with Crippen LogP contribution in [-0.4, -0.2) is 30.5 Å². The van der Waals surface area contributed by atoms with Crippen LogP contribution in [0.25, 0.3) is 0 Å². The van der Waals surface area contributed by atoms with Gasteiger partial charge in [-0.2, -0.15) is 0 Å². The fourth-order valence-electron chi connectivity index (χ4n) is 1.62. The molecule has 0 aromatic heterocycles. The number of carbonyl (C=O) groups excluding carboxylic acids is 1. The molecule has 0 spiro atoms. The van der Waals surface area contributed by atoms with Gasteiger partial charge in [0.2, 0.25) is 5.91 Å². The lowest BCUT2D eigenvalue weighted by atomic mass is 10.1. The number of ether oxygens (including phenoxy) is 1. The van der Waals surface area contributed by atoms with Crippen LogP contribution < -0.4 is 5.32 Å². The van der Waals surface area contributed by atoms with E-state index in [4.69, 9.17) is 16.3 Å². The first kappa shape index (κ1) is 12.8. The van der Waals surface area contributed by atoms with Crippen molar-refractivity contribution in [2.75, 3.05) is 13.2 Å². The van der Waals surface area contributed by atoms with Gasteiger partial charge in [-0.1, -0.05) is 6.92 Å². The van der Waals surface area contributed by atoms with Crippen molar-refractivity contribution in [2.24, 2.45) is 0 Å². The van der Waals surface area contributed by atoms with Crippen molar-refractivity contribution >= 4 is 17.5 Å². The first-order valence-corrected chi connectivity index (χ1v) is 6.18. The molecule has 1 heterocycles. The molecule has 1 rings (SSSR count). The highest BCUT2D eigenvalue weighted by molar-refractivity contribution is 6.20. The highest BCUT2D eigenvalue weighted by Crippen LogP contribution is 2.16. The Morgan fingerprint density at radius 3 is 3.07 bits per heavy atom. The number of rotatable bonds is 6. The summed E-state index contributed by atoms with van der Waals surface area (Å²) >= 11 is 5.90. The summed E-state index contributed by atoms with van der Waals surface area (Å²) in [6.07, 6.45) is 4.80.